The van der Waals surface area contributed by atoms with Gasteiger partial charge >= 0.3 is 0 Å². The topological polar surface area (TPSA) is 49.4 Å². The van der Waals surface area contributed by atoms with Crippen LogP contribution in [0.3, 0.4) is 0 Å². The van der Waals surface area contributed by atoms with Gasteiger partial charge in [-0.2, -0.15) is 0 Å². The van der Waals surface area contributed by atoms with Gasteiger partial charge in [0.1, 0.15) is 0 Å². The highest BCUT2D eigenvalue weighted by Gasteiger charge is 2.23. The van der Waals surface area contributed by atoms with E-state index in [0.29, 0.717) is 5.92 Å². The van der Waals surface area contributed by atoms with E-state index >= 15 is 0 Å². The van der Waals surface area contributed by atoms with Crippen LogP contribution >= 0.6 is 11.3 Å². The van der Waals surface area contributed by atoms with Crippen molar-refractivity contribution in [3.63, 3.8) is 0 Å². The van der Waals surface area contributed by atoms with Gasteiger partial charge in [-0.25, -0.2) is 0 Å². The molecule has 0 unspecified atom stereocenters. The monoisotopic (exact) mass is 384 g/mol. The number of hydrogen-bond donors (Lipinski definition) is 1. The van der Waals surface area contributed by atoms with Crippen LogP contribution in [0.15, 0.2) is 18.2 Å². The lowest BCUT2D eigenvalue weighted by Crippen LogP contribution is -2.34. The Morgan fingerprint density at radius 1 is 1.19 bits per heavy atom. The zero-order valence-electron chi connectivity index (χ0n) is 16.8. The Hall–Kier alpha value is -2.14. The maximum absolute atomic E-state index is 12.8. The van der Waals surface area contributed by atoms with Crippen LogP contribution in [0.4, 0.5) is 5.69 Å². The summed E-state index contributed by atoms with van der Waals surface area (Å²) in [6.45, 7) is 8.32. The molecule has 0 bridgehead atoms. The van der Waals surface area contributed by atoms with Crippen LogP contribution in [0.1, 0.15) is 50.1 Å². The van der Waals surface area contributed by atoms with Gasteiger partial charge in [0.05, 0.1) is 11.4 Å². The van der Waals surface area contributed by atoms with Crippen LogP contribution in [0.5, 0.6) is 0 Å². The Balaban J connectivity index is 1.66. The lowest BCUT2D eigenvalue weighted by molar-refractivity contribution is -0.116. The lowest BCUT2D eigenvalue weighted by Gasteiger charge is -2.18. The maximum Gasteiger partial charge on any atom is 0.264 e. The summed E-state index contributed by atoms with van der Waals surface area (Å²) in [4.78, 5) is 28.8. The molecule has 1 aliphatic carbocycles. The van der Waals surface area contributed by atoms with Gasteiger partial charge in [0.25, 0.3) is 5.91 Å². The van der Waals surface area contributed by atoms with Crippen LogP contribution < -0.4 is 5.32 Å². The molecular formula is C22H28N2O2S. The van der Waals surface area contributed by atoms with E-state index in [1.807, 2.05) is 26.8 Å². The molecular weight excluding hydrogens is 356 g/mol. The molecule has 27 heavy (non-hydrogen) atoms. The molecule has 1 atom stereocenters. The molecule has 0 aliphatic heterocycles. The standard InChI is InChI=1S/C22H28N2O2S/c1-13-6-7-18-17(10-13)11-19(27-18)22(26)24(5)12-20(25)23-21-15(3)8-14(2)9-16(21)4/h8-9,11,13H,6-7,10,12H2,1-5H3,(H,23,25)/t13-/m0/s1. The first-order valence-corrected chi connectivity index (χ1v) is 10.3. The molecule has 1 aliphatic rings. The SMILES string of the molecule is Cc1cc(C)c(NC(=O)CN(C)C(=O)c2cc3c(s2)CC[C@H](C)C3)c(C)c1. The van der Waals surface area contributed by atoms with Crippen molar-refractivity contribution in [1.82, 2.24) is 4.90 Å². The Labute approximate surface area is 165 Å². The number of amides is 2. The van der Waals surface area contributed by atoms with Crippen LogP contribution in [0.2, 0.25) is 0 Å². The average Bonchev–Trinajstić information content (AvgIpc) is 3.00. The van der Waals surface area contributed by atoms with E-state index in [4.69, 9.17) is 0 Å². The normalized spacial score (nSPS) is 16.0. The number of fused-ring (bicyclic) bond motifs is 1. The highest BCUT2D eigenvalue weighted by molar-refractivity contribution is 7.14. The summed E-state index contributed by atoms with van der Waals surface area (Å²) in [5.41, 5.74) is 5.40. The van der Waals surface area contributed by atoms with Crippen molar-refractivity contribution in [3.05, 3.63) is 50.2 Å². The third-order valence-corrected chi connectivity index (χ3v) is 6.43. The van der Waals surface area contributed by atoms with Crippen LogP contribution in [-0.4, -0.2) is 30.3 Å². The number of thiophene rings is 1. The first kappa shape index (κ1) is 19.6. The number of carbonyl (C=O) groups is 2. The van der Waals surface area contributed by atoms with Crippen molar-refractivity contribution in [3.8, 4) is 0 Å². The van der Waals surface area contributed by atoms with E-state index in [-0.39, 0.29) is 18.4 Å². The molecule has 144 valence electrons. The fourth-order valence-electron chi connectivity index (χ4n) is 3.84. The number of rotatable bonds is 4. The zero-order valence-corrected chi connectivity index (χ0v) is 17.6. The number of benzene rings is 1. The molecule has 2 aromatic rings. The number of likely N-dealkylation sites (N-methyl/N-ethyl adjacent to an activating group) is 1. The predicted octanol–water partition coefficient (Wildman–Crippen LogP) is 4.51. The van der Waals surface area contributed by atoms with Gasteiger partial charge in [0, 0.05) is 17.6 Å². The van der Waals surface area contributed by atoms with Crippen molar-refractivity contribution in [1.29, 1.82) is 0 Å². The van der Waals surface area contributed by atoms with Gasteiger partial charge in [-0.3, -0.25) is 9.59 Å². The van der Waals surface area contributed by atoms with Crippen molar-refractivity contribution in [2.75, 3.05) is 18.9 Å². The third kappa shape index (κ3) is 4.41. The van der Waals surface area contributed by atoms with Gasteiger partial charge in [-0.1, -0.05) is 24.6 Å². The fourth-order valence-corrected chi connectivity index (χ4v) is 5.05. The summed E-state index contributed by atoms with van der Waals surface area (Å²) < 4.78 is 0. The Morgan fingerprint density at radius 3 is 2.52 bits per heavy atom. The average molecular weight is 385 g/mol. The van der Waals surface area contributed by atoms with E-state index in [1.165, 1.54) is 27.3 Å². The largest absolute Gasteiger partial charge is 0.332 e. The Kier molecular flexibility index (Phi) is 5.70. The van der Waals surface area contributed by atoms with Crippen molar-refractivity contribution in [2.24, 2.45) is 5.92 Å². The number of nitrogens with one attached hydrogen (secondary N) is 1. The summed E-state index contributed by atoms with van der Waals surface area (Å²) in [5.74, 6) is 0.435. The third-order valence-electron chi connectivity index (χ3n) is 5.21. The molecule has 0 radical (unpaired) electrons. The second-order valence-corrected chi connectivity index (χ2v) is 9.03. The zero-order chi connectivity index (χ0) is 19.7. The van der Waals surface area contributed by atoms with E-state index in [9.17, 15) is 9.59 Å². The summed E-state index contributed by atoms with van der Waals surface area (Å²) >= 11 is 1.59. The van der Waals surface area contributed by atoms with Gasteiger partial charge in [-0.15, -0.1) is 11.3 Å². The molecule has 5 heteroatoms. The van der Waals surface area contributed by atoms with Gasteiger partial charge in [0.15, 0.2) is 0 Å². The van der Waals surface area contributed by atoms with Crippen molar-refractivity contribution < 1.29 is 9.59 Å². The molecule has 0 saturated heterocycles. The van der Waals surface area contributed by atoms with E-state index in [1.54, 1.807) is 18.4 Å². The summed E-state index contributed by atoms with van der Waals surface area (Å²) in [6.07, 6.45) is 3.30. The molecule has 1 N–H and O–H groups in total. The minimum absolute atomic E-state index is 0.0462. The molecule has 0 saturated carbocycles. The lowest BCUT2D eigenvalue weighted by atomic mass is 9.90. The second kappa shape index (κ2) is 7.85. The first-order chi connectivity index (χ1) is 12.7. The van der Waals surface area contributed by atoms with E-state index < -0.39 is 0 Å². The number of aryl methyl sites for hydroxylation is 4. The van der Waals surface area contributed by atoms with E-state index in [0.717, 1.165) is 34.5 Å². The molecule has 1 aromatic carbocycles. The Bertz CT molecular complexity index is 861. The minimum Gasteiger partial charge on any atom is -0.332 e. The predicted molar refractivity (Wildman–Crippen MR) is 112 cm³/mol. The highest BCUT2D eigenvalue weighted by atomic mass is 32.1. The summed E-state index contributed by atoms with van der Waals surface area (Å²) in [7, 11) is 1.69. The molecule has 4 nitrogen and oxygen atoms in total. The number of carbonyl (C=O) groups excluding carboxylic acids is 2. The van der Waals surface area contributed by atoms with Gasteiger partial charge in [-0.05, 0) is 68.7 Å². The van der Waals surface area contributed by atoms with Crippen LogP contribution in [0.25, 0.3) is 0 Å². The maximum atomic E-state index is 12.8. The number of anilines is 1. The minimum atomic E-state index is -0.171. The van der Waals surface area contributed by atoms with Crippen LogP contribution in [0, 0.1) is 26.7 Å². The highest BCUT2D eigenvalue weighted by Crippen LogP contribution is 2.32. The van der Waals surface area contributed by atoms with E-state index in [2.05, 4.69) is 24.4 Å². The molecule has 1 heterocycles. The van der Waals surface area contributed by atoms with Gasteiger partial charge < -0.3 is 10.2 Å². The number of hydrogen-bond acceptors (Lipinski definition) is 3. The molecule has 0 spiro atoms. The quantitative estimate of drug-likeness (QED) is 0.843. The summed E-state index contributed by atoms with van der Waals surface area (Å²) in [5, 5.41) is 2.97. The van der Waals surface area contributed by atoms with Gasteiger partial charge in [0.2, 0.25) is 5.91 Å². The fraction of sp³-hybridized carbons (Fsp3) is 0.455. The smallest absolute Gasteiger partial charge is 0.264 e. The number of nitrogens with zero attached hydrogens (tertiary/aromatic N) is 1. The molecule has 1 aromatic heterocycles. The summed E-state index contributed by atoms with van der Waals surface area (Å²) in [6, 6.07) is 6.13. The molecule has 3 rings (SSSR count). The van der Waals surface area contributed by atoms with Crippen molar-refractivity contribution in [2.45, 2.75) is 47.0 Å². The molecule has 2 amide bonds. The Morgan fingerprint density at radius 2 is 1.85 bits per heavy atom. The molecule has 0 fully saturated rings. The first-order valence-electron chi connectivity index (χ1n) is 9.49. The second-order valence-electron chi connectivity index (χ2n) is 7.89. The van der Waals surface area contributed by atoms with Crippen LogP contribution in [-0.2, 0) is 17.6 Å². The van der Waals surface area contributed by atoms with Crippen molar-refractivity contribution >= 4 is 28.8 Å².